The number of hydrogen-bond donors (Lipinski definition) is 2. The van der Waals surface area contributed by atoms with Gasteiger partial charge >= 0.3 is 6.09 Å². The molecule has 3 unspecified atom stereocenters. The highest BCUT2D eigenvalue weighted by Crippen LogP contribution is 2.33. The lowest BCUT2D eigenvalue weighted by Crippen LogP contribution is -2.48. The number of benzene rings is 2. The van der Waals surface area contributed by atoms with Crippen LogP contribution in [0, 0.1) is 5.82 Å². The van der Waals surface area contributed by atoms with Crippen molar-refractivity contribution < 1.29 is 28.2 Å². The molecule has 1 aliphatic heterocycles. The molecule has 3 atom stereocenters. The normalized spacial score (nSPS) is 21.6. The average molecular weight is 411 g/mol. The Kier molecular flexibility index (Phi) is 5.81. The van der Waals surface area contributed by atoms with Gasteiger partial charge in [0.1, 0.15) is 18.3 Å². The third-order valence-electron chi connectivity index (χ3n) is 4.58. The molecule has 2 N–H and O–H groups in total. The SMILES string of the molecule is COC1C(F)CN(C(=O)O)C1C(=O)Nc1cccc(-c2ccccc2Cl)c1F. The number of nitrogens with one attached hydrogen (secondary N) is 1. The van der Waals surface area contributed by atoms with E-state index in [4.69, 9.17) is 16.3 Å². The average Bonchev–Trinajstić information content (AvgIpc) is 3.01. The van der Waals surface area contributed by atoms with Crippen LogP contribution < -0.4 is 5.32 Å². The second-order valence-electron chi connectivity index (χ2n) is 6.23. The molecule has 3 rings (SSSR count). The molecule has 1 aliphatic rings. The molecule has 9 heteroatoms. The smallest absolute Gasteiger partial charge is 0.408 e. The lowest BCUT2D eigenvalue weighted by Gasteiger charge is -2.24. The second kappa shape index (κ2) is 8.12. The van der Waals surface area contributed by atoms with Gasteiger partial charge in [0.25, 0.3) is 0 Å². The van der Waals surface area contributed by atoms with Crippen molar-refractivity contribution in [2.75, 3.05) is 19.0 Å². The molecule has 0 spiro atoms. The molecular weight excluding hydrogens is 394 g/mol. The third-order valence-corrected chi connectivity index (χ3v) is 4.91. The fourth-order valence-corrected chi connectivity index (χ4v) is 3.51. The Morgan fingerprint density at radius 2 is 1.89 bits per heavy atom. The predicted octanol–water partition coefficient (Wildman–Crippen LogP) is 3.80. The number of carbonyl (C=O) groups is 2. The van der Waals surface area contributed by atoms with Crippen molar-refractivity contribution in [3.8, 4) is 11.1 Å². The number of rotatable bonds is 4. The predicted molar refractivity (Wildman–Crippen MR) is 99.7 cm³/mol. The maximum absolute atomic E-state index is 15.0. The topological polar surface area (TPSA) is 78.9 Å². The van der Waals surface area contributed by atoms with E-state index in [1.54, 1.807) is 24.3 Å². The summed E-state index contributed by atoms with van der Waals surface area (Å²) in [6.07, 6.45) is -4.42. The number of carboxylic acid groups (broad SMARTS) is 1. The minimum atomic E-state index is -1.67. The Labute approximate surface area is 164 Å². The molecule has 1 fully saturated rings. The summed E-state index contributed by atoms with van der Waals surface area (Å²) in [5.74, 6) is -1.63. The van der Waals surface area contributed by atoms with Gasteiger partial charge in [-0.1, -0.05) is 41.9 Å². The van der Waals surface area contributed by atoms with Gasteiger partial charge in [-0.3, -0.25) is 9.69 Å². The van der Waals surface area contributed by atoms with Crippen LogP contribution >= 0.6 is 11.6 Å². The first-order valence-electron chi connectivity index (χ1n) is 8.35. The number of amides is 2. The number of methoxy groups -OCH3 is 1. The lowest BCUT2D eigenvalue weighted by molar-refractivity contribution is -0.123. The minimum Gasteiger partial charge on any atom is -0.465 e. The molecule has 2 aromatic rings. The molecule has 1 saturated heterocycles. The Morgan fingerprint density at radius 3 is 2.54 bits per heavy atom. The third kappa shape index (κ3) is 3.65. The van der Waals surface area contributed by atoms with Gasteiger partial charge in [0.2, 0.25) is 5.91 Å². The van der Waals surface area contributed by atoms with Crippen molar-refractivity contribution in [1.29, 1.82) is 0 Å². The number of nitrogens with zero attached hydrogens (tertiary/aromatic N) is 1. The summed E-state index contributed by atoms with van der Waals surface area (Å²) < 4.78 is 34.0. The zero-order chi connectivity index (χ0) is 20.4. The lowest BCUT2D eigenvalue weighted by atomic mass is 10.0. The van der Waals surface area contributed by atoms with Crippen LogP contribution in [0.1, 0.15) is 0 Å². The monoisotopic (exact) mass is 410 g/mol. The van der Waals surface area contributed by atoms with Gasteiger partial charge in [0, 0.05) is 23.3 Å². The van der Waals surface area contributed by atoms with Crippen LogP contribution in [0.2, 0.25) is 5.02 Å². The second-order valence-corrected chi connectivity index (χ2v) is 6.64. The van der Waals surface area contributed by atoms with Gasteiger partial charge in [-0.2, -0.15) is 0 Å². The van der Waals surface area contributed by atoms with Crippen molar-refractivity contribution in [2.24, 2.45) is 0 Å². The van der Waals surface area contributed by atoms with Crippen molar-refractivity contribution in [2.45, 2.75) is 18.3 Å². The highest BCUT2D eigenvalue weighted by atomic mass is 35.5. The fraction of sp³-hybridized carbons (Fsp3) is 0.263. The zero-order valence-corrected chi connectivity index (χ0v) is 15.5. The molecule has 0 aliphatic carbocycles. The summed E-state index contributed by atoms with van der Waals surface area (Å²) in [4.78, 5) is 24.7. The van der Waals surface area contributed by atoms with Crippen molar-refractivity contribution in [1.82, 2.24) is 4.90 Å². The first-order valence-corrected chi connectivity index (χ1v) is 8.73. The molecule has 0 bridgehead atoms. The zero-order valence-electron chi connectivity index (χ0n) is 14.7. The molecule has 0 radical (unpaired) electrons. The van der Waals surface area contributed by atoms with Crippen molar-refractivity contribution in [3.05, 3.63) is 53.3 Å². The minimum absolute atomic E-state index is 0.163. The quantitative estimate of drug-likeness (QED) is 0.803. The summed E-state index contributed by atoms with van der Waals surface area (Å²) in [6.45, 7) is -0.506. The first kappa shape index (κ1) is 20.0. The number of carbonyl (C=O) groups excluding carboxylic acids is 1. The molecule has 2 aromatic carbocycles. The van der Waals surface area contributed by atoms with Gasteiger partial charge in [0.15, 0.2) is 5.82 Å². The molecular formula is C19H17ClF2N2O4. The summed E-state index contributed by atoms with van der Waals surface area (Å²) in [6, 6.07) is 9.53. The van der Waals surface area contributed by atoms with E-state index in [1.165, 1.54) is 25.3 Å². The number of alkyl halides is 1. The van der Waals surface area contributed by atoms with Crippen LogP contribution in [-0.2, 0) is 9.53 Å². The van der Waals surface area contributed by atoms with Crippen LogP contribution in [0.4, 0.5) is 19.3 Å². The van der Waals surface area contributed by atoms with Crippen LogP contribution in [-0.4, -0.2) is 54.0 Å². The largest absolute Gasteiger partial charge is 0.465 e. The van der Waals surface area contributed by atoms with Crippen molar-refractivity contribution in [3.63, 3.8) is 0 Å². The molecule has 0 saturated carbocycles. The van der Waals surface area contributed by atoms with E-state index in [-0.39, 0.29) is 11.3 Å². The van der Waals surface area contributed by atoms with Gasteiger partial charge in [-0.15, -0.1) is 0 Å². The highest BCUT2D eigenvalue weighted by Gasteiger charge is 2.49. The van der Waals surface area contributed by atoms with Crippen LogP contribution in [0.5, 0.6) is 0 Å². The van der Waals surface area contributed by atoms with E-state index in [0.29, 0.717) is 15.5 Å². The van der Waals surface area contributed by atoms with Crippen molar-refractivity contribution >= 4 is 29.3 Å². The van der Waals surface area contributed by atoms with Crippen LogP contribution in [0.25, 0.3) is 11.1 Å². The fourth-order valence-electron chi connectivity index (χ4n) is 3.27. The Bertz CT molecular complexity index is 911. The molecule has 2 amide bonds. The van der Waals surface area contributed by atoms with Crippen LogP contribution in [0.3, 0.4) is 0 Å². The summed E-state index contributed by atoms with van der Waals surface area (Å²) >= 11 is 6.12. The molecule has 0 aromatic heterocycles. The number of anilines is 1. The van der Waals surface area contributed by atoms with E-state index in [2.05, 4.69) is 5.32 Å². The van der Waals surface area contributed by atoms with E-state index in [1.807, 2.05) is 0 Å². The summed E-state index contributed by atoms with van der Waals surface area (Å²) in [5, 5.41) is 11.9. The summed E-state index contributed by atoms with van der Waals surface area (Å²) in [7, 11) is 1.18. The van der Waals surface area contributed by atoms with Gasteiger partial charge < -0.3 is 15.2 Å². The van der Waals surface area contributed by atoms with E-state index >= 15 is 0 Å². The Morgan fingerprint density at radius 1 is 1.21 bits per heavy atom. The molecule has 148 valence electrons. The maximum atomic E-state index is 15.0. The maximum Gasteiger partial charge on any atom is 0.408 e. The summed E-state index contributed by atoms with van der Waals surface area (Å²) in [5.41, 5.74) is 0.422. The Balaban J connectivity index is 1.91. The first-order chi connectivity index (χ1) is 13.3. The number of hydrogen-bond acceptors (Lipinski definition) is 3. The number of likely N-dealkylation sites (tertiary alicyclic amines) is 1. The van der Waals surface area contributed by atoms with Gasteiger partial charge in [0.05, 0.1) is 12.2 Å². The standard InChI is InChI=1S/C19H17ClF2N2O4/c1-28-17-13(21)9-24(19(26)27)16(17)18(25)23-14-8-4-6-11(15(14)22)10-5-2-3-7-12(10)20/h2-8,13,16-17H,9H2,1H3,(H,23,25)(H,26,27). The van der Waals surface area contributed by atoms with E-state index in [0.717, 1.165) is 0 Å². The molecule has 28 heavy (non-hydrogen) atoms. The van der Waals surface area contributed by atoms with Gasteiger partial charge in [-0.25, -0.2) is 13.6 Å². The number of ether oxygens (including phenoxy) is 1. The molecule has 6 nitrogen and oxygen atoms in total. The van der Waals surface area contributed by atoms with E-state index < -0.39 is 42.7 Å². The Hall–Kier alpha value is -2.71. The van der Waals surface area contributed by atoms with Gasteiger partial charge in [-0.05, 0) is 12.1 Å². The number of halogens is 3. The van der Waals surface area contributed by atoms with E-state index in [9.17, 15) is 23.5 Å². The molecule has 1 heterocycles. The van der Waals surface area contributed by atoms with Crippen LogP contribution in [0.15, 0.2) is 42.5 Å². The highest BCUT2D eigenvalue weighted by molar-refractivity contribution is 6.33.